The van der Waals surface area contributed by atoms with Crippen molar-refractivity contribution in [3.8, 4) is 5.69 Å². The minimum atomic E-state index is -0.186. The zero-order chi connectivity index (χ0) is 18.5. The summed E-state index contributed by atoms with van der Waals surface area (Å²) in [5.41, 5.74) is 4.23. The first-order valence-corrected chi connectivity index (χ1v) is 8.62. The molecule has 6 nitrogen and oxygen atoms in total. The maximum Gasteiger partial charge on any atom is 0.315 e. The topological polar surface area (TPSA) is 71.8 Å². The highest BCUT2D eigenvalue weighted by Gasteiger charge is 2.14. The van der Waals surface area contributed by atoms with Gasteiger partial charge in [0.2, 0.25) is 0 Å². The molecule has 0 saturated carbocycles. The Morgan fingerprint density at radius 2 is 1.69 bits per heavy atom. The molecule has 0 saturated heterocycles. The zero-order valence-corrected chi connectivity index (χ0v) is 15.2. The molecule has 26 heavy (non-hydrogen) atoms. The van der Waals surface area contributed by atoms with Gasteiger partial charge in [0.05, 0.1) is 17.8 Å². The van der Waals surface area contributed by atoms with Gasteiger partial charge < -0.3 is 10.6 Å². The molecule has 0 aliphatic carbocycles. The van der Waals surface area contributed by atoms with Crippen LogP contribution in [0.1, 0.15) is 42.6 Å². The van der Waals surface area contributed by atoms with Gasteiger partial charge in [-0.25, -0.2) is 14.5 Å². The summed E-state index contributed by atoms with van der Waals surface area (Å²) in [6.07, 6.45) is 3.15. The fourth-order valence-electron chi connectivity index (χ4n) is 2.93. The molecule has 2 amide bonds. The van der Waals surface area contributed by atoms with Gasteiger partial charge in [0.1, 0.15) is 12.7 Å². The van der Waals surface area contributed by atoms with Crippen molar-refractivity contribution in [1.29, 1.82) is 0 Å². The lowest BCUT2D eigenvalue weighted by molar-refractivity contribution is 0.235. The molecule has 2 unspecified atom stereocenters. The third kappa shape index (κ3) is 4.08. The first-order valence-electron chi connectivity index (χ1n) is 8.62. The SMILES string of the molecule is Cc1ccccc1C(C)NC(=O)NC(C)c1ccc(-n2cncn2)cc1. The van der Waals surface area contributed by atoms with Gasteiger partial charge in [0, 0.05) is 0 Å². The molecule has 3 aromatic rings. The molecule has 6 heteroatoms. The second-order valence-electron chi connectivity index (χ2n) is 6.35. The number of aryl methyl sites for hydroxylation is 1. The number of nitrogens with one attached hydrogen (secondary N) is 2. The third-order valence-electron chi connectivity index (χ3n) is 4.43. The van der Waals surface area contributed by atoms with Crippen molar-refractivity contribution in [3.63, 3.8) is 0 Å². The van der Waals surface area contributed by atoms with Crippen molar-refractivity contribution < 1.29 is 4.79 Å². The molecule has 1 heterocycles. The molecular weight excluding hydrogens is 326 g/mol. The Bertz CT molecular complexity index is 858. The van der Waals surface area contributed by atoms with Crippen LogP contribution in [0, 0.1) is 6.92 Å². The van der Waals surface area contributed by atoms with E-state index < -0.39 is 0 Å². The maximum absolute atomic E-state index is 12.3. The van der Waals surface area contributed by atoms with E-state index in [1.54, 1.807) is 11.0 Å². The van der Waals surface area contributed by atoms with Crippen LogP contribution in [0.5, 0.6) is 0 Å². The molecule has 0 radical (unpaired) electrons. The van der Waals surface area contributed by atoms with Crippen LogP contribution in [0.3, 0.4) is 0 Å². The lowest BCUT2D eigenvalue weighted by Gasteiger charge is -2.20. The molecule has 1 aromatic heterocycles. The van der Waals surface area contributed by atoms with Crippen LogP contribution in [0.2, 0.25) is 0 Å². The van der Waals surface area contributed by atoms with E-state index in [4.69, 9.17) is 0 Å². The number of carbonyl (C=O) groups is 1. The summed E-state index contributed by atoms with van der Waals surface area (Å²) in [7, 11) is 0. The van der Waals surface area contributed by atoms with Gasteiger partial charge in [-0.1, -0.05) is 36.4 Å². The third-order valence-corrected chi connectivity index (χ3v) is 4.43. The highest BCUT2D eigenvalue weighted by Crippen LogP contribution is 2.18. The second-order valence-corrected chi connectivity index (χ2v) is 6.35. The normalized spacial score (nSPS) is 13.0. The minimum absolute atomic E-state index is 0.0573. The van der Waals surface area contributed by atoms with Gasteiger partial charge in [0.25, 0.3) is 0 Å². The van der Waals surface area contributed by atoms with Crippen molar-refractivity contribution >= 4 is 6.03 Å². The van der Waals surface area contributed by atoms with Crippen molar-refractivity contribution in [2.75, 3.05) is 0 Å². The highest BCUT2D eigenvalue weighted by atomic mass is 16.2. The highest BCUT2D eigenvalue weighted by molar-refractivity contribution is 5.75. The molecule has 0 aliphatic rings. The second kappa shape index (κ2) is 7.82. The fourth-order valence-corrected chi connectivity index (χ4v) is 2.93. The predicted octanol–water partition coefficient (Wildman–Crippen LogP) is 3.70. The Kier molecular flexibility index (Phi) is 5.31. The molecule has 2 aromatic carbocycles. The molecule has 2 N–H and O–H groups in total. The molecule has 134 valence electrons. The molecule has 0 aliphatic heterocycles. The molecule has 3 rings (SSSR count). The Hall–Kier alpha value is -3.15. The van der Waals surface area contributed by atoms with Crippen molar-refractivity contribution in [2.45, 2.75) is 32.9 Å². The standard InChI is InChI=1S/C20H23N5O/c1-14-6-4-5-7-19(14)16(3)24-20(26)23-15(2)17-8-10-18(11-9-17)25-13-21-12-22-25/h4-13,15-16H,1-3H3,(H2,23,24,26). The van der Waals surface area contributed by atoms with E-state index in [2.05, 4.69) is 20.7 Å². The van der Waals surface area contributed by atoms with E-state index in [9.17, 15) is 4.79 Å². The Balaban J connectivity index is 1.59. The van der Waals surface area contributed by atoms with Crippen LogP contribution >= 0.6 is 0 Å². The van der Waals surface area contributed by atoms with Crippen molar-refractivity contribution in [2.24, 2.45) is 0 Å². The van der Waals surface area contributed by atoms with E-state index in [0.717, 1.165) is 22.4 Å². The quantitative estimate of drug-likeness (QED) is 0.738. The van der Waals surface area contributed by atoms with Crippen molar-refractivity contribution in [3.05, 3.63) is 77.9 Å². The fraction of sp³-hybridized carbons (Fsp3) is 0.250. The minimum Gasteiger partial charge on any atom is -0.332 e. The van der Waals surface area contributed by atoms with Crippen LogP contribution in [0.4, 0.5) is 4.79 Å². The number of nitrogens with zero attached hydrogens (tertiary/aromatic N) is 3. The van der Waals surface area contributed by atoms with E-state index in [0.29, 0.717) is 0 Å². The summed E-state index contributed by atoms with van der Waals surface area (Å²) >= 11 is 0. The Morgan fingerprint density at radius 3 is 2.35 bits per heavy atom. The number of benzene rings is 2. The first kappa shape index (κ1) is 17.7. The van der Waals surface area contributed by atoms with E-state index in [-0.39, 0.29) is 18.1 Å². The number of aromatic nitrogens is 3. The summed E-state index contributed by atoms with van der Waals surface area (Å²) in [6, 6.07) is 15.6. The largest absolute Gasteiger partial charge is 0.332 e. The number of rotatable bonds is 5. The van der Waals surface area contributed by atoms with Gasteiger partial charge in [-0.2, -0.15) is 5.10 Å². The lowest BCUT2D eigenvalue weighted by Crippen LogP contribution is -2.38. The zero-order valence-electron chi connectivity index (χ0n) is 15.2. The van der Waals surface area contributed by atoms with Gasteiger partial charge >= 0.3 is 6.03 Å². The number of amides is 2. The molecule has 0 spiro atoms. The van der Waals surface area contributed by atoms with Crippen LogP contribution in [0.15, 0.2) is 61.2 Å². The predicted molar refractivity (Wildman–Crippen MR) is 101 cm³/mol. The number of carbonyl (C=O) groups excluding carboxylic acids is 1. The van der Waals surface area contributed by atoms with Gasteiger partial charge in [-0.15, -0.1) is 0 Å². The molecular formula is C20H23N5O. The summed E-state index contributed by atoms with van der Waals surface area (Å²) < 4.78 is 1.69. The summed E-state index contributed by atoms with van der Waals surface area (Å²) in [4.78, 5) is 16.3. The number of hydrogen-bond donors (Lipinski definition) is 2. The Morgan fingerprint density at radius 1 is 1.00 bits per heavy atom. The Labute approximate surface area is 153 Å². The summed E-state index contributed by atoms with van der Waals surface area (Å²) in [5.74, 6) is 0. The first-order chi connectivity index (χ1) is 12.5. The summed E-state index contributed by atoms with van der Waals surface area (Å²) in [6.45, 7) is 5.99. The number of hydrogen-bond acceptors (Lipinski definition) is 3. The van der Waals surface area contributed by atoms with Crippen LogP contribution in [0.25, 0.3) is 5.69 Å². The number of urea groups is 1. The smallest absolute Gasteiger partial charge is 0.315 e. The molecule has 0 bridgehead atoms. The average Bonchev–Trinajstić information content (AvgIpc) is 3.16. The monoisotopic (exact) mass is 349 g/mol. The van der Waals surface area contributed by atoms with E-state index in [1.165, 1.54) is 6.33 Å². The maximum atomic E-state index is 12.3. The van der Waals surface area contributed by atoms with Gasteiger partial charge in [0.15, 0.2) is 0 Å². The average molecular weight is 349 g/mol. The molecule has 2 atom stereocenters. The van der Waals surface area contributed by atoms with Crippen LogP contribution < -0.4 is 10.6 Å². The summed E-state index contributed by atoms with van der Waals surface area (Å²) in [5, 5.41) is 10.1. The lowest BCUT2D eigenvalue weighted by atomic mass is 10.0. The van der Waals surface area contributed by atoms with Gasteiger partial charge in [-0.3, -0.25) is 0 Å². The van der Waals surface area contributed by atoms with Gasteiger partial charge in [-0.05, 0) is 49.6 Å². The van der Waals surface area contributed by atoms with E-state index >= 15 is 0 Å². The molecule has 0 fully saturated rings. The van der Waals surface area contributed by atoms with E-state index in [1.807, 2.05) is 69.3 Å². The van der Waals surface area contributed by atoms with Crippen LogP contribution in [-0.2, 0) is 0 Å². The van der Waals surface area contributed by atoms with Crippen molar-refractivity contribution in [1.82, 2.24) is 25.4 Å². The van der Waals surface area contributed by atoms with Crippen LogP contribution in [-0.4, -0.2) is 20.8 Å².